The van der Waals surface area contributed by atoms with Gasteiger partial charge in [-0.25, -0.2) is 9.97 Å². The summed E-state index contributed by atoms with van der Waals surface area (Å²) < 4.78 is 6.61. The molecule has 1 N–H and O–H groups in total. The number of anilines is 2. The van der Waals surface area contributed by atoms with Crippen LogP contribution in [0.2, 0.25) is 0 Å². The summed E-state index contributed by atoms with van der Waals surface area (Å²) in [7, 11) is 3.81. The highest BCUT2D eigenvalue weighted by Gasteiger charge is 2.08. The van der Waals surface area contributed by atoms with E-state index < -0.39 is 0 Å². The molecule has 2 heterocycles. The van der Waals surface area contributed by atoms with Crippen molar-refractivity contribution in [1.29, 1.82) is 0 Å². The van der Waals surface area contributed by atoms with Gasteiger partial charge in [0, 0.05) is 30.8 Å². The quantitative estimate of drug-likeness (QED) is 0.674. The van der Waals surface area contributed by atoms with E-state index in [1.165, 1.54) is 6.20 Å². The molecule has 3 aromatic rings. The molecule has 0 bridgehead atoms. The largest absolute Gasteiger partial charge is 0.439 e. The molecule has 0 saturated heterocycles. The minimum absolute atomic E-state index is 0.257. The predicted octanol–water partition coefficient (Wildman–Crippen LogP) is 4.35. The van der Waals surface area contributed by atoms with Crippen LogP contribution >= 0.6 is 15.9 Å². The molecule has 1 amide bonds. The van der Waals surface area contributed by atoms with Crippen LogP contribution in [0.5, 0.6) is 11.6 Å². The molecule has 132 valence electrons. The van der Waals surface area contributed by atoms with Gasteiger partial charge < -0.3 is 15.0 Å². The topological polar surface area (TPSA) is 67.4 Å². The van der Waals surface area contributed by atoms with E-state index in [4.69, 9.17) is 4.74 Å². The zero-order valence-electron chi connectivity index (χ0n) is 14.3. The molecule has 0 radical (unpaired) electrons. The van der Waals surface area contributed by atoms with Crippen LogP contribution in [-0.2, 0) is 0 Å². The van der Waals surface area contributed by atoms with Crippen molar-refractivity contribution in [1.82, 2.24) is 9.97 Å². The number of ether oxygens (including phenoxy) is 1. The van der Waals surface area contributed by atoms with E-state index in [0.717, 1.165) is 10.3 Å². The van der Waals surface area contributed by atoms with Crippen LogP contribution in [0.3, 0.4) is 0 Å². The van der Waals surface area contributed by atoms with Crippen LogP contribution in [0.25, 0.3) is 0 Å². The van der Waals surface area contributed by atoms with E-state index >= 15 is 0 Å². The molecule has 0 atom stereocenters. The van der Waals surface area contributed by atoms with Gasteiger partial charge in [-0.3, -0.25) is 4.79 Å². The second-order valence-electron chi connectivity index (χ2n) is 5.69. The summed E-state index contributed by atoms with van der Waals surface area (Å²) in [6, 6.07) is 14.4. The molecule has 1 aromatic carbocycles. The van der Waals surface area contributed by atoms with Gasteiger partial charge >= 0.3 is 0 Å². The number of carbonyl (C=O) groups is 1. The first-order chi connectivity index (χ1) is 12.5. The van der Waals surface area contributed by atoms with Crippen molar-refractivity contribution in [3.05, 3.63) is 71.0 Å². The van der Waals surface area contributed by atoms with Crippen LogP contribution in [-0.4, -0.2) is 30.0 Å². The number of hydrogen-bond donors (Lipinski definition) is 1. The number of benzene rings is 1. The van der Waals surface area contributed by atoms with Gasteiger partial charge in [-0.1, -0.05) is 15.9 Å². The fourth-order valence-corrected chi connectivity index (χ4v) is 2.39. The van der Waals surface area contributed by atoms with Crippen molar-refractivity contribution < 1.29 is 9.53 Å². The zero-order valence-corrected chi connectivity index (χ0v) is 15.9. The van der Waals surface area contributed by atoms with Gasteiger partial charge in [0.2, 0.25) is 5.88 Å². The van der Waals surface area contributed by atoms with Crippen molar-refractivity contribution in [2.24, 2.45) is 0 Å². The lowest BCUT2D eigenvalue weighted by Gasteiger charge is -2.11. The average Bonchev–Trinajstić information content (AvgIpc) is 2.64. The third kappa shape index (κ3) is 4.58. The number of aromatic nitrogens is 2. The lowest BCUT2D eigenvalue weighted by molar-refractivity contribution is 0.102. The number of rotatable bonds is 5. The number of halogens is 1. The minimum Gasteiger partial charge on any atom is -0.439 e. The highest BCUT2D eigenvalue weighted by molar-refractivity contribution is 9.10. The van der Waals surface area contributed by atoms with Crippen LogP contribution in [0.4, 0.5) is 11.5 Å². The van der Waals surface area contributed by atoms with E-state index in [0.29, 0.717) is 22.9 Å². The van der Waals surface area contributed by atoms with Crippen molar-refractivity contribution in [2.75, 3.05) is 24.3 Å². The van der Waals surface area contributed by atoms with Gasteiger partial charge in [0.1, 0.15) is 11.6 Å². The Morgan fingerprint density at radius 1 is 1.00 bits per heavy atom. The molecular formula is C19H17BrN4O2. The molecule has 0 aliphatic rings. The Morgan fingerprint density at radius 2 is 1.77 bits per heavy atom. The fraction of sp³-hybridized carbons (Fsp3) is 0.105. The Labute approximate surface area is 160 Å². The minimum atomic E-state index is -0.257. The van der Waals surface area contributed by atoms with Crippen LogP contribution < -0.4 is 15.0 Å². The second kappa shape index (κ2) is 7.97. The third-order valence-electron chi connectivity index (χ3n) is 3.50. The summed E-state index contributed by atoms with van der Waals surface area (Å²) in [6.07, 6.45) is 3.09. The summed E-state index contributed by atoms with van der Waals surface area (Å²) in [6.45, 7) is 0. The highest BCUT2D eigenvalue weighted by Crippen LogP contribution is 2.22. The molecule has 0 unspecified atom stereocenters. The van der Waals surface area contributed by atoms with Gasteiger partial charge in [-0.2, -0.15) is 0 Å². The summed E-state index contributed by atoms with van der Waals surface area (Å²) in [5.41, 5.74) is 1.06. The fourth-order valence-electron chi connectivity index (χ4n) is 2.13. The average molecular weight is 413 g/mol. The molecular weight excluding hydrogens is 396 g/mol. The van der Waals surface area contributed by atoms with Crippen molar-refractivity contribution in [2.45, 2.75) is 0 Å². The first kappa shape index (κ1) is 17.9. The normalized spacial score (nSPS) is 10.3. The maximum Gasteiger partial charge on any atom is 0.257 e. The predicted molar refractivity (Wildman–Crippen MR) is 105 cm³/mol. The van der Waals surface area contributed by atoms with E-state index in [-0.39, 0.29) is 5.91 Å². The summed E-state index contributed by atoms with van der Waals surface area (Å²) in [5, 5.41) is 2.79. The summed E-state index contributed by atoms with van der Waals surface area (Å²) >= 11 is 3.37. The highest BCUT2D eigenvalue weighted by atomic mass is 79.9. The molecule has 0 fully saturated rings. The van der Waals surface area contributed by atoms with Crippen molar-refractivity contribution >= 4 is 33.3 Å². The number of hydrogen-bond acceptors (Lipinski definition) is 5. The lowest BCUT2D eigenvalue weighted by atomic mass is 10.2. The molecule has 0 spiro atoms. The van der Waals surface area contributed by atoms with Gasteiger partial charge in [0.15, 0.2) is 0 Å². The molecule has 26 heavy (non-hydrogen) atoms. The molecule has 0 aliphatic heterocycles. The molecule has 6 nitrogen and oxygen atoms in total. The van der Waals surface area contributed by atoms with E-state index in [9.17, 15) is 4.79 Å². The van der Waals surface area contributed by atoms with Crippen molar-refractivity contribution in [3.8, 4) is 11.6 Å². The third-order valence-corrected chi connectivity index (χ3v) is 4.03. The maximum atomic E-state index is 12.3. The standard InChI is InChI=1S/C19H17BrN4O2/c1-24(2)17-9-6-15(12-21-17)23-19(25)13-3-10-18(22-11-13)26-16-7-4-14(20)5-8-16/h3-12H,1-2H3,(H,23,25). The Morgan fingerprint density at radius 3 is 2.35 bits per heavy atom. The van der Waals surface area contributed by atoms with Gasteiger partial charge in [-0.05, 0) is 42.5 Å². The number of pyridine rings is 2. The second-order valence-corrected chi connectivity index (χ2v) is 6.61. The molecule has 2 aromatic heterocycles. The summed E-state index contributed by atoms with van der Waals surface area (Å²) in [4.78, 5) is 22.6. The first-order valence-electron chi connectivity index (χ1n) is 7.85. The van der Waals surface area contributed by atoms with Gasteiger partial charge in [-0.15, -0.1) is 0 Å². The molecule has 7 heteroatoms. The van der Waals surface area contributed by atoms with Crippen molar-refractivity contribution in [3.63, 3.8) is 0 Å². The van der Waals surface area contributed by atoms with E-state index in [1.807, 2.05) is 49.3 Å². The van der Waals surface area contributed by atoms with Crippen LogP contribution in [0, 0.1) is 0 Å². The zero-order chi connectivity index (χ0) is 18.5. The molecule has 0 saturated carbocycles. The Bertz CT molecular complexity index is 879. The van der Waals surface area contributed by atoms with E-state index in [2.05, 4.69) is 31.2 Å². The van der Waals surface area contributed by atoms with Gasteiger partial charge in [0.05, 0.1) is 17.4 Å². The lowest BCUT2D eigenvalue weighted by Crippen LogP contribution is -2.14. The Balaban J connectivity index is 1.63. The first-order valence-corrected chi connectivity index (χ1v) is 8.65. The van der Waals surface area contributed by atoms with Crippen LogP contribution in [0.1, 0.15) is 10.4 Å². The molecule has 3 rings (SSSR count). The number of carbonyl (C=O) groups excluding carboxylic acids is 1. The molecule has 0 aliphatic carbocycles. The van der Waals surface area contributed by atoms with Gasteiger partial charge in [0.25, 0.3) is 5.91 Å². The smallest absolute Gasteiger partial charge is 0.257 e. The number of nitrogens with one attached hydrogen (secondary N) is 1. The van der Waals surface area contributed by atoms with Crippen LogP contribution in [0.15, 0.2) is 65.4 Å². The summed E-state index contributed by atoms with van der Waals surface area (Å²) in [5.74, 6) is 1.65. The SMILES string of the molecule is CN(C)c1ccc(NC(=O)c2ccc(Oc3ccc(Br)cc3)nc2)cn1. The van der Waals surface area contributed by atoms with E-state index in [1.54, 1.807) is 24.4 Å². The Hall–Kier alpha value is -2.93. The monoisotopic (exact) mass is 412 g/mol. The number of amides is 1. The Kier molecular flexibility index (Phi) is 5.48. The maximum absolute atomic E-state index is 12.3. The number of nitrogens with zero attached hydrogens (tertiary/aromatic N) is 3.